The molecule has 1 aliphatic heterocycles. The number of carbonyl (C=O) groups excluding carboxylic acids is 2. The molecule has 0 atom stereocenters. The van der Waals surface area contributed by atoms with Crippen molar-refractivity contribution >= 4 is 11.8 Å². The Morgan fingerprint density at radius 3 is 2.67 bits per heavy atom. The molecule has 0 bridgehead atoms. The van der Waals surface area contributed by atoms with E-state index in [1.807, 2.05) is 31.2 Å². The summed E-state index contributed by atoms with van der Waals surface area (Å²) in [5.74, 6) is 0.517. The van der Waals surface area contributed by atoms with Gasteiger partial charge in [-0.15, -0.1) is 0 Å². The number of piperidine rings is 1. The largest absolute Gasteiger partial charge is 0.493 e. The van der Waals surface area contributed by atoms with E-state index in [1.165, 1.54) is 0 Å². The first-order chi connectivity index (χ1) is 10.1. The molecule has 0 unspecified atom stereocenters. The zero-order valence-corrected chi connectivity index (χ0v) is 12.4. The van der Waals surface area contributed by atoms with Gasteiger partial charge in [-0.3, -0.25) is 9.59 Å². The first kappa shape index (κ1) is 15.4. The Morgan fingerprint density at radius 1 is 1.33 bits per heavy atom. The van der Waals surface area contributed by atoms with Crippen molar-refractivity contribution in [3.8, 4) is 5.75 Å². The second kappa shape index (κ2) is 7.11. The molecule has 21 heavy (non-hydrogen) atoms. The molecular weight excluding hydrogens is 268 g/mol. The Hall–Kier alpha value is -2.04. The van der Waals surface area contributed by atoms with E-state index in [1.54, 1.807) is 4.90 Å². The van der Waals surface area contributed by atoms with Crippen molar-refractivity contribution in [2.45, 2.75) is 26.2 Å². The standard InChI is InChI=1S/C16H22N2O3/c1-12-3-2-4-14(11-12)21-10-7-15(19)18-8-5-13(6-9-18)16(17)20/h2-4,11,13H,5-10H2,1H3,(H2,17,20). The number of aryl methyl sites for hydroxylation is 1. The Bertz CT molecular complexity index is 508. The van der Waals surface area contributed by atoms with Gasteiger partial charge in [0.15, 0.2) is 0 Å². The summed E-state index contributed by atoms with van der Waals surface area (Å²) in [6.45, 7) is 3.59. The first-order valence-corrected chi connectivity index (χ1v) is 7.33. The van der Waals surface area contributed by atoms with Crippen molar-refractivity contribution in [3.63, 3.8) is 0 Å². The lowest BCUT2D eigenvalue weighted by atomic mass is 9.96. The van der Waals surface area contributed by atoms with Crippen LogP contribution in [0.5, 0.6) is 5.75 Å². The molecule has 0 spiro atoms. The van der Waals surface area contributed by atoms with Gasteiger partial charge in [0.2, 0.25) is 11.8 Å². The van der Waals surface area contributed by atoms with E-state index >= 15 is 0 Å². The summed E-state index contributed by atoms with van der Waals surface area (Å²) in [5.41, 5.74) is 6.41. The molecule has 1 fully saturated rings. The highest BCUT2D eigenvalue weighted by atomic mass is 16.5. The number of benzene rings is 1. The van der Waals surface area contributed by atoms with Gasteiger partial charge in [0, 0.05) is 19.0 Å². The quantitative estimate of drug-likeness (QED) is 0.893. The summed E-state index contributed by atoms with van der Waals surface area (Å²) >= 11 is 0. The maximum absolute atomic E-state index is 12.1. The molecule has 1 aromatic rings. The monoisotopic (exact) mass is 290 g/mol. The molecule has 0 saturated carbocycles. The van der Waals surface area contributed by atoms with Gasteiger partial charge in [-0.2, -0.15) is 0 Å². The lowest BCUT2D eigenvalue weighted by Crippen LogP contribution is -2.42. The van der Waals surface area contributed by atoms with Crippen LogP contribution in [0.25, 0.3) is 0 Å². The fraction of sp³-hybridized carbons (Fsp3) is 0.500. The number of carbonyl (C=O) groups is 2. The molecule has 5 nitrogen and oxygen atoms in total. The van der Waals surface area contributed by atoms with E-state index < -0.39 is 0 Å². The summed E-state index contributed by atoms with van der Waals surface area (Å²) in [6.07, 6.45) is 1.69. The van der Waals surface area contributed by atoms with Gasteiger partial charge in [0.1, 0.15) is 5.75 Å². The van der Waals surface area contributed by atoms with Crippen molar-refractivity contribution in [2.24, 2.45) is 11.7 Å². The minimum atomic E-state index is -0.259. The molecule has 2 N–H and O–H groups in total. The number of likely N-dealkylation sites (tertiary alicyclic amines) is 1. The average Bonchev–Trinajstić information content (AvgIpc) is 2.47. The minimum Gasteiger partial charge on any atom is -0.493 e. The van der Waals surface area contributed by atoms with Gasteiger partial charge in [-0.1, -0.05) is 12.1 Å². The number of nitrogens with zero attached hydrogens (tertiary/aromatic N) is 1. The van der Waals surface area contributed by atoms with Crippen LogP contribution in [-0.2, 0) is 9.59 Å². The van der Waals surface area contributed by atoms with Crippen LogP contribution in [0.15, 0.2) is 24.3 Å². The van der Waals surface area contributed by atoms with Gasteiger partial charge in [-0.05, 0) is 37.5 Å². The molecule has 2 rings (SSSR count). The molecule has 0 aliphatic carbocycles. The number of hydrogen-bond donors (Lipinski definition) is 1. The average molecular weight is 290 g/mol. The third kappa shape index (κ3) is 4.48. The topological polar surface area (TPSA) is 72.6 Å². The van der Waals surface area contributed by atoms with E-state index in [0.717, 1.165) is 11.3 Å². The fourth-order valence-corrected chi connectivity index (χ4v) is 2.53. The predicted molar refractivity (Wildman–Crippen MR) is 79.8 cm³/mol. The first-order valence-electron chi connectivity index (χ1n) is 7.33. The zero-order valence-electron chi connectivity index (χ0n) is 12.4. The van der Waals surface area contributed by atoms with Crippen LogP contribution in [0.1, 0.15) is 24.8 Å². The second-order valence-corrected chi connectivity index (χ2v) is 5.47. The van der Waals surface area contributed by atoms with Crippen LogP contribution >= 0.6 is 0 Å². The number of rotatable bonds is 5. The van der Waals surface area contributed by atoms with Crippen LogP contribution in [-0.4, -0.2) is 36.4 Å². The lowest BCUT2D eigenvalue weighted by Gasteiger charge is -2.30. The number of ether oxygens (including phenoxy) is 1. The summed E-state index contributed by atoms with van der Waals surface area (Å²) in [7, 11) is 0. The third-order valence-electron chi connectivity index (χ3n) is 3.82. The Labute approximate surface area is 125 Å². The van der Waals surface area contributed by atoms with Gasteiger partial charge in [0.25, 0.3) is 0 Å². The van der Waals surface area contributed by atoms with Gasteiger partial charge >= 0.3 is 0 Å². The van der Waals surface area contributed by atoms with Crippen LogP contribution in [0.4, 0.5) is 0 Å². The predicted octanol–water partition coefficient (Wildman–Crippen LogP) is 1.49. The van der Waals surface area contributed by atoms with Crippen molar-refractivity contribution in [3.05, 3.63) is 29.8 Å². The Kier molecular flexibility index (Phi) is 5.20. The van der Waals surface area contributed by atoms with Crippen LogP contribution < -0.4 is 10.5 Å². The Morgan fingerprint density at radius 2 is 2.05 bits per heavy atom. The molecule has 1 aromatic carbocycles. The molecule has 2 amide bonds. The number of amides is 2. The highest BCUT2D eigenvalue weighted by Crippen LogP contribution is 2.17. The molecule has 0 aromatic heterocycles. The summed E-state index contributed by atoms with van der Waals surface area (Å²) in [5, 5.41) is 0. The fourth-order valence-electron chi connectivity index (χ4n) is 2.53. The molecule has 1 heterocycles. The van der Waals surface area contributed by atoms with Crippen molar-refractivity contribution < 1.29 is 14.3 Å². The maximum atomic E-state index is 12.1. The summed E-state index contributed by atoms with van der Waals surface area (Å²) in [4.78, 5) is 24.9. The smallest absolute Gasteiger partial charge is 0.225 e. The second-order valence-electron chi connectivity index (χ2n) is 5.47. The molecule has 5 heteroatoms. The zero-order chi connectivity index (χ0) is 15.2. The molecule has 1 saturated heterocycles. The van der Waals surface area contributed by atoms with Crippen LogP contribution in [0.3, 0.4) is 0 Å². The van der Waals surface area contributed by atoms with Gasteiger partial charge < -0.3 is 15.4 Å². The van der Waals surface area contributed by atoms with E-state index in [4.69, 9.17) is 10.5 Å². The summed E-state index contributed by atoms with van der Waals surface area (Å²) < 4.78 is 5.59. The SMILES string of the molecule is Cc1cccc(OCCC(=O)N2CCC(C(N)=O)CC2)c1. The van der Waals surface area contributed by atoms with Crippen molar-refractivity contribution in [2.75, 3.05) is 19.7 Å². The van der Waals surface area contributed by atoms with E-state index in [-0.39, 0.29) is 17.7 Å². The highest BCUT2D eigenvalue weighted by molar-refractivity contribution is 5.78. The molecule has 0 radical (unpaired) electrons. The number of primary amides is 1. The van der Waals surface area contributed by atoms with Crippen molar-refractivity contribution in [1.82, 2.24) is 4.90 Å². The minimum absolute atomic E-state index is 0.0746. The Balaban J connectivity index is 1.72. The lowest BCUT2D eigenvalue weighted by molar-refractivity contribution is -0.135. The normalized spacial score (nSPS) is 15.8. The molecular formula is C16H22N2O3. The van der Waals surface area contributed by atoms with Crippen LogP contribution in [0.2, 0.25) is 0 Å². The van der Waals surface area contributed by atoms with Gasteiger partial charge in [0.05, 0.1) is 13.0 Å². The molecule has 1 aliphatic rings. The van der Waals surface area contributed by atoms with E-state index in [9.17, 15) is 9.59 Å². The number of hydrogen-bond acceptors (Lipinski definition) is 3. The van der Waals surface area contributed by atoms with E-state index in [2.05, 4.69) is 0 Å². The van der Waals surface area contributed by atoms with E-state index in [0.29, 0.717) is 39.0 Å². The number of nitrogens with two attached hydrogens (primary N) is 1. The van der Waals surface area contributed by atoms with Crippen LogP contribution in [0, 0.1) is 12.8 Å². The third-order valence-corrected chi connectivity index (χ3v) is 3.82. The maximum Gasteiger partial charge on any atom is 0.225 e. The molecule has 114 valence electrons. The van der Waals surface area contributed by atoms with Gasteiger partial charge in [-0.25, -0.2) is 0 Å². The van der Waals surface area contributed by atoms with Crippen molar-refractivity contribution in [1.29, 1.82) is 0 Å². The highest BCUT2D eigenvalue weighted by Gasteiger charge is 2.25. The summed E-state index contributed by atoms with van der Waals surface area (Å²) in [6, 6.07) is 7.76.